The van der Waals surface area contributed by atoms with E-state index < -0.39 is 23.8 Å². The molecule has 10 heteroatoms. The van der Waals surface area contributed by atoms with Gasteiger partial charge in [-0.15, -0.1) is 0 Å². The highest BCUT2D eigenvalue weighted by molar-refractivity contribution is 6.42. The highest BCUT2D eigenvalue weighted by Gasteiger charge is 2.58. The quantitative estimate of drug-likeness (QED) is 0.258. The van der Waals surface area contributed by atoms with E-state index in [1.807, 2.05) is 6.92 Å². The van der Waals surface area contributed by atoms with Gasteiger partial charge in [-0.3, -0.25) is 0 Å². The van der Waals surface area contributed by atoms with Gasteiger partial charge in [0.1, 0.15) is 16.5 Å². The van der Waals surface area contributed by atoms with Crippen LogP contribution in [-0.4, -0.2) is 23.9 Å². The van der Waals surface area contributed by atoms with E-state index in [1.165, 1.54) is 6.07 Å². The normalized spacial score (nSPS) is 12.9. The lowest BCUT2D eigenvalue weighted by Crippen LogP contribution is -2.34. The molecule has 1 atom stereocenters. The molecule has 3 nitrogen and oxygen atoms in total. The summed E-state index contributed by atoms with van der Waals surface area (Å²) >= 11 is 12.2. The van der Waals surface area contributed by atoms with E-state index in [1.54, 1.807) is 47.4 Å². The zero-order valence-electron chi connectivity index (χ0n) is 19.2. The second-order valence-corrected chi connectivity index (χ2v) is 9.03. The second-order valence-electron chi connectivity index (χ2n) is 8.25. The van der Waals surface area contributed by atoms with Gasteiger partial charge in [0.2, 0.25) is 0 Å². The zero-order chi connectivity index (χ0) is 26.5. The molecule has 3 rings (SSSR count). The van der Waals surface area contributed by atoms with E-state index in [9.17, 15) is 27.1 Å². The fraction of sp³-hybridized carbons (Fsp3) is 0.308. The first kappa shape index (κ1) is 28.0. The predicted octanol–water partition coefficient (Wildman–Crippen LogP) is 8.61. The van der Waals surface area contributed by atoms with Gasteiger partial charge in [0.15, 0.2) is 0 Å². The molecule has 3 aromatic rings. The van der Waals surface area contributed by atoms with Crippen LogP contribution in [0.4, 0.5) is 27.6 Å². The molecule has 0 heterocycles. The fourth-order valence-corrected chi connectivity index (χ4v) is 3.95. The monoisotopic (exact) mass is 547 g/mol. The molecular weight excluding hydrogens is 524 g/mol. The van der Waals surface area contributed by atoms with Crippen LogP contribution in [0.5, 0.6) is 11.5 Å². The van der Waals surface area contributed by atoms with Crippen molar-refractivity contribution < 1.29 is 31.8 Å². The van der Waals surface area contributed by atoms with E-state index in [4.69, 9.17) is 27.9 Å². The Kier molecular flexibility index (Phi) is 9.08. The van der Waals surface area contributed by atoms with Crippen molar-refractivity contribution >= 4 is 28.9 Å². The first-order valence-electron chi connectivity index (χ1n) is 11.1. The predicted molar refractivity (Wildman–Crippen MR) is 131 cm³/mol. The number of nitrogens with zero attached hydrogens (tertiary/aromatic N) is 1. The number of anilines is 1. The van der Waals surface area contributed by atoms with Crippen molar-refractivity contribution in [3.63, 3.8) is 0 Å². The minimum atomic E-state index is -5.71. The molecule has 1 unspecified atom stereocenters. The molecule has 0 aliphatic carbocycles. The smallest absolute Gasteiger partial charge is 0.456 e. The lowest BCUT2D eigenvalue weighted by Gasteiger charge is -2.28. The van der Waals surface area contributed by atoms with Crippen LogP contribution in [0.1, 0.15) is 30.9 Å². The number of hydrogen-bond donors (Lipinski definition) is 1. The molecule has 0 aromatic heterocycles. The zero-order valence-corrected chi connectivity index (χ0v) is 20.7. The van der Waals surface area contributed by atoms with E-state index in [2.05, 4.69) is 0 Å². The standard InChI is InChI=1S/C26H24Cl2F5NO2/c1-2-6-20(35)16-34(15-17-7-3-8-18(13-17)25(29,30)26(31,32)33)19-9-4-10-21(14-19)36-23-12-5-11-22(27)24(23)28/h3-5,7-14,20,35H,2,6,15-16H2,1H3. The molecular formula is C26H24Cl2F5NO2. The lowest BCUT2D eigenvalue weighted by molar-refractivity contribution is -0.289. The van der Waals surface area contributed by atoms with Gasteiger partial charge in [-0.2, -0.15) is 22.0 Å². The third-order valence-corrected chi connectivity index (χ3v) is 6.20. The van der Waals surface area contributed by atoms with Crippen LogP contribution in [0.15, 0.2) is 66.7 Å². The van der Waals surface area contributed by atoms with E-state index in [0.717, 1.165) is 18.2 Å². The van der Waals surface area contributed by atoms with Gasteiger partial charge < -0.3 is 14.7 Å². The highest BCUT2D eigenvalue weighted by Crippen LogP contribution is 2.44. The first-order chi connectivity index (χ1) is 16.9. The van der Waals surface area contributed by atoms with Crippen molar-refractivity contribution in [3.05, 3.63) is 87.9 Å². The van der Waals surface area contributed by atoms with Crippen LogP contribution in [0.2, 0.25) is 10.0 Å². The molecule has 0 saturated carbocycles. The van der Waals surface area contributed by atoms with Crippen molar-refractivity contribution in [1.29, 1.82) is 0 Å². The third-order valence-electron chi connectivity index (χ3n) is 5.40. The minimum absolute atomic E-state index is 0.0239. The molecule has 0 amide bonds. The Morgan fingerprint density at radius 3 is 2.33 bits per heavy atom. The summed E-state index contributed by atoms with van der Waals surface area (Å²) < 4.78 is 72.4. The molecule has 194 valence electrons. The summed E-state index contributed by atoms with van der Waals surface area (Å²) in [4.78, 5) is 1.69. The number of ether oxygens (including phenoxy) is 1. The van der Waals surface area contributed by atoms with Crippen LogP contribution in [0.25, 0.3) is 0 Å². The fourth-order valence-electron chi connectivity index (χ4n) is 3.62. The highest BCUT2D eigenvalue weighted by atomic mass is 35.5. The number of aliphatic hydroxyl groups excluding tert-OH is 1. The number of hydrogen-bond acceptors (Lipinski definition) is 3. The van der Waals surface area contributed by atoms with Gasteiger partial charge in [-0.1, -0.05) is 66.9 Å². The summed E-state index contributed by atoms with van der Waals surface area (Å²) in [5, 5.41) is 11.0. The molecule has 36 heavy (non-hydrogen) atoms. The maximum absolute atomic E-state index is 13.9. The maximum atomic E-state index is 13.9. The van der Waals surface area contributed by atoms with E-state index in [-0.39, 0.29) is 23.7 Å². The average Bonchev–Trinajstić information content (AvgIpc) is 2.81. The molecule has 1 N–H and O–H groups in total. The van der Waals surface area contributed by atoms with Crippen molar-refractivity contribution in [2.75, 3.05) is 11.4 Å². The van der Waals surface area contributed by atoms with Crippen molar-refractivity contribution in [1.82, 2.24) is 0 Å². The first-order valence-corrected chi connectivity index (χ1v) is 11.9. The summed E-state index contributed by atoms with van der Waals surface area (Å²) in [6.07, 6.45) is -5.27. The van der Waals surface area contributed by atoms with Gasteiger partial charge in [-0.25, -0.2) is 0 Å². The van der Waals surface area contributed by atoms with E-state index >= 15 is 0 Å². The van der Waals surface area contributed by atoms with Crippen molar-refractivity contribution in [2.45, 2.75) is 44.5 Å². The second kappa shape index (κ2) is 11.7. The maximum Gasteiger partial charge on any atom is 0.458 e. The van der Waals surface area contributed by atoms with Crippen LogP contribution >= 0.6 is 23.2 Å². The molecule has 0 aliphatic rings. The summed E-state index contributed by atoms with van der Waals surface area (Å²) in [6, 6.07) is 15.9. The van der Waals surface area contributed by atoms with Crippen LogP contribution in [0, 0.1) is 0 Å². The topological polar surface area (TPSA) is 32.7 Å². The van der Waals surface area contributed by atoms with Crippen molar-refractivity contribution in [2.24, 2.45) is 0 Å². The van der Waals surface area contributed by atoms with Gasteiger partial charge in [0.05, 0.1) is 11.1 Å². The van der Waals surface area contributed by atoms with E-state index in [0.29, 0.717) is 35.1 Å². The average molecular weight is 548 g/mol. The largest absolute Gasteiger partial charge is 0.458 e. The number of alkyl halides is 5. The molecule has 3 aromatic carbocycles. The number of rotatable bonds is 10. The Bertz CT molecular complexity index is 1170. The molecule has 0 saturated heterocycles. The van der Waals surface area contributed by atoms with Gasteiger partial charge in [0.25, 0.3) is 0 Å². The number of aliphatic hydroxyl groups is 1. The molecule has 0 fully saturated rings. The molecule has 0 bridgehead atoms. The van der Waals surface area contributed by atoms with Gasteiger partial charge in [0, 0.05) is 30.4 Å². The SMILES string of the molecule is CCCC(O)CN(Cc1cccc(C(F)(F)C(F)(F)F)c1)c1cccc(Oc2cccc(Cl)c2Cl)c1. The van der Waals surface area contributed by atoms with Crippen LogP contribution < -0.4 is 9.64 Å². The number of benzene rings is 3. The lowest BCUT2D eigenvalue weighted by atomic mass is 10.0. The Morgan fingerprint density at radius 2 is 1.64 bits per heavy atom. The van der Waals surface area contributed by atoms with Crippen LogP contribution in [-0.2, 0) is 12.5 Å². The Hall–Kier alpha value is -2.55. The van der Waals surface area contributed by atoms with Crippen LogP contribution in [0.3, 0.4) is 0 Å². The molecule has 0 radical (unpaired) electrons. The van der Waals surface area contributed by atoms with Gasteiger partial charge >= 0.3 is 12.1 Å². The molecule has 0 spiro atoms. The summed E-state index contributed by atoms with van der Waals surface area (Å²) in [5.74, 6) is -4.27. The van der Waals surface area contributed by atoms with Gasteiger partial charge in [-0.05, 0) is 42.3 Å². The third kappa shape index (κ3) is 6.81. The Labute approximate surface area is 216 Å². The Morgan fingerprint density at radius 1 is 0.944 bits per heavy atom. The number of halogens is 7. The minimum Gasteiger partial charge on any atom is -0.456 e. The molecule has 0 aliphatic heterocycles. The Balaban J connectivity index is 1.92. The summed E-state index contributed by atoms with van der Waals surface area (Å²) in [7, 11) is 0. The van der Waals surface area contributed by atoms with Crippen molar-refractivity contribution in [3.8, 4) is 11.5 Å². The summed E-state index contributed by atoms with van der Waals surface area (Å²) in [5.41, 5.74) is -0.354. The summed E-state index contributed by atoms with van der Waals surface area (Å²) in [6.45, 7) is 2.00.